The van der Waals surface area contributed by atoms with Gasteiger partial charge in [-0.2, -0.15) is 0 Å². The molecule has 10 atom stereocenters. The maximum atomic E-state index is 12.5. The molecule has 1 heterocycles. The van der Waals surface area contributed by atoms with Crippen molar-refractivity contribution in [3.05, 3.63) is 22.8 Å². The zero-order valence-corrected chi connectivity index (χ0v) is 22.8. The average molecular weight is 501 g/mol. The summed E-state index contributed by atoms with van der Waals surface area (Å²) in [5.74, 6) is 0.749. The maximum Gasteiger partial charge on any atom is 0.334 e. The number of rotatable bonds is 3. The summed E-state index contributed by atoms with van der Waals surface area (Å²) in [5.41, 5.74) is 1.53. The first-order valence-electron chi connectivity index (χ1n) is 13.9. The van der Waals surface area contributed by atoms with Gasteiger partial charge >= 0.3 is 11.9 Å². The Kier molecular flexibility index (Phi) is 6.27. The molecule has 1 aliphatic heterocycles. The van der Waals surface area contributed by atoms with Crippen LogP contribution in [0.15, 0.2) is 22.8 Å². The van der Waals surface area contributed by atoms with E-state index in [1.807, 2.05) is 13.8 Å². The first-order valence-corrected chi connectivity index (χ1v) is 13.9. The van der Waals surface area contributed by atoms with Gasteiger partial charge in [-0.3, -0.25) is 4.79 Å². The molecule has 200 valence electrons. The van der Waals surface area contributed by atoms with E-state index >= 15 is 0 Å². The lowest BCUT2D eigenvalue weighted by atomic mass is 9.46. The normalized spacial score (nSPS) is 46.1. The Balaban J connectivity index is 1.44. The SMILES string of the molecule is CC(=O)O[C@H]1C[C@H](O)CC2=CC[C@H]3[C@@H]4CC[C@H]([C@@](C)(O)[C@H]5CC(C)=C(C)C(=O)O5)[C@@]4(C)CC[C@@H]3[C@]21C. The quantitative estimate of drug-likeness (QED) is 0.424. The number of esters is 2. The van der Waals surface area contributed by atoms with Crippen LogP contribution in [-0.4, -0.2) is 46.1 Å². The fraction of sp³-hybridized carbons (Fsp3) is 0.800. The maximum absolute atomic E-state index is 12.5. The number of carbonyl (C=O) groups excluding carboxylic acids is 2. The van der Waals surface area contributed by atoms with Gasteiger partial charge in [0.1, 0.15) is 17.8 Å². The molecule has 0 aromatic rings. The molecule has 0 radical (unpaired) electrons. The van der Waals surface area contributed by atoms with Crippen molar-refractivity contribution in [1.29, 1.82) is 0 Å². The van der Waals surface area contributed by atoms with E-state index in [1.165, 1.54) is 12.5 Å². The van der Waals surface area contributed by atoms with Gasteiger partial charge in [0.05, 0.1) is 6.10 Å². The molecule has 0 aromatic carbocycles. The molecule has 6 nitrogen and oxygen atoms in total. The van der Waals surface area contributed by atoms with Crippen LogP contribution in [0.25, 0.3) is 0 Å². The van der Waals surface area contributed by atoms with Gasteiger partial charge < -0.3 is 19.7 Å². The minimum atomic E-state index is -1.09. The van der Waals surface area contributed by atoms with E-state index in [1.54, 1.807) is 6.92 Å². The van der Waals surface area contributed by atoms with Crippen LogP contribution in [0, 0.1) is 34.5 Å². The van der Waals surface area contributed by atoms with Crippen LogP contribution in [0.4, 0.5) is 0 Å². The first kappa shape index (κ1) is 26.0. The number of fused-ring (bicyclic) bond motifs is 5. The third-order valence-corrected chi connectivity index (χ3v) is 11.5. The van der Waals surface area contributed by atoms with E-state index in [9.17, 15) is 19.8 Å². The van der Waals surface area contributed by atoms with Crippen molar-refractivity contribution < 1.29 is 29.3 Å². The fourth-order valence-corrected chi connectivity index (χ4v) is 9.42. The van der Waals surface area contributed by atoms with Gasteiger partial charge in [0.15, 0.2) is 0 Å². The molecule has 5 rings (SSSR count). The standard InChI is InChI=1S/C30H44O6/c1-16-13-26(36-27(33)17(16)2)30(6,34)24-10-9-22-21-8-7-19-14-20(32)15-25(35-18(3)31)29(19,5)23(21)11-12-28(22,24)4/h7,20-26,32,34H,8-15H2,1-6H3/t20-,21+,22+,23+,24+,25+,26-,28+,29+,30-/m1/s1. The number of aliphatic hydroxyl groups excluding tert-OH is 1. The summed E-state index contributed by atoms with van der Waals surface area (Å²) in [4.78, 5) is 24.5. The van der Waals surface area contributed by atoms with Gasteiger partial charge in [0.25, 0.3) is 0 Å². The van der Waals surface area contributed by atoms with E-state index in [0.29, 0.717) is 42.6 Å². The molecule has 0 aromatic heterocycles. The Morgan fingerprint density at radius 3 is 2.56 bits per heavy atom. The second-order valence-electron chi connectivity index (χ2n) is 13.2. The van der Waals surface area contributed by atoms with Crippen molar-refractivity contribution in [3.63, 3.8) is 0 Å². The zero-order valence-electron chi connectivity index (χ0n) is 22.8. The van der Waals surface area contributed by atoms with Crippen LogP contribution in [0.3, 0.4) is 0 Å². The van der Waals surface area contributed by atoms with E-state index in [2.05, 4.69) is 19.9 Å². The van der Waals surface area contributed by atoms with Gasteiger partial charge in [-0.25, -0.2) is 4.79 Å². The summed E-state index contributed by atoms with van der Waals surface area (Å²) >= 11 is 0. The number of hydrogen-bond acceptors (Lipinski definition) is 6. The third kappa shape index (κ3) is 3.73. The monoisotopic (exact) mass is 500 g/mol. The Morgan fingerprint density at radius 1 is 1.17 bits per heavy atom. The third-order valence-electron chi connectivity index (χ3n) is 11.5. The van der Waals surface area contributed by atoms with Crippen molar-refractivity contribution in [3.8, 4) is 0 Å². The van der Waals surface area contributed by atoms with Crippen molar-refractivity contribution in [2.45, 2.75) is 117 Å². The lowest BCUT2D eigenvalue weighted by Crippen LogP contribution is -2.59. The molecule has 0 amide bonds. The van der Waals surface area contributed by atoms with Crippen molar-refractivity contribution in [1.82, 2.24) is 0 Å². The summed E-state index contributed by atoms with van der Waals surface area (Å²) in [5, 5.41) is 22.5. The van der Waals surface area contributed by atoms with Gasteiger partial charge in [-0.05, 0) is 88.4 Å². The molecule has 4 aliphatic carbocycles. The predicted molar refractivity (Wildman–Crippen MR) is 136 cm³/mol. The molecule has 5 aliphatic rings. The number of carbonyl (C=O) groups is 2. The molecule has 0 unspecified atom stereocenters. The summed E-state index contributed by atoms with van der Waals surface area (Å²) in [6.45, 7) is 11.7. The Morgan fingerprint density at radius 2 is 1.89 bits per heavy atom. The van der Waals surface area contributed by atoms with Crippen molar-refractivity contribution in [2.75, 3.05) is 0 Å². The van der Waals surface area contributed by atoms with Crippen LogP contribution < -0.4 is 0 Å². The Bertz CT molecular complexity index is 1010. The molecule has 0 spiro atoms. The number of cyclic esters (lactones) is 1. The van der Waals surface area contributed by atoms with Crippen molar-refractivity contribution >= 4 is 11.9 Å². The average Bonchev–Trinajstić information content (AvgIpc) is 3.15. The summed E-state index contributed by atoms with van der Waals surface area (Å²) in [6.07, 6.45) is 7.74. The summed E-state index contributed by atoms with van der Waals surface area (Å²) < 4.78 is 11.7. The molecular weight excluding hydrogens is 456 g/mol. The van der Waals surface area contributed by atoms with Gasteiger partial charge in [0.2, 0.25) is 0 Å². The Hall–Kier alpha value is -1.66. The summed E-state index contributed by atoms with van der Waals surface area (Å²) in [7, 11) is 0. The number of aliphatic hydroxyl groups is 2. The highest BCUT2D eigenvalue weighted by Gasteiger charge is 2.64. The second-order valence-corrected chi connectivity index (χ2v) is 13.2. The Labute approximate surface area is 215 Å². The lowest BCUT2D eigenvalue weighted by molar-refractivity contribution is -0.185. The first-order chi connectivity index (χ1) is 16.8. The smallest absolute Gasteiger partial charge is 0.334 e. The molecule has 6 heteroatoms. The number of hydrogen-bond donors (Lipinski definition) is 2. The molecule has 3 saturated carbocycles. The van der Waals surface area contributed by atoms with Crippen LogP contribution in [0.1, 0.15) is 92.9 Å². The molecule has 36 heavy (non-hydrogen) atoms. The fourth-order valence-electron chi connectivity index (χ4n) is 9.42. The molecule has 0 saturated heterocycles. The number of allylic oxidation sites excluding steroid dienone is 1. The van der Waals surface area contributed by atoms with E-state index in [0.717, 1.165) is 37.7 Å². The van der Waals surface area contributed by atoms with Crippen LogP contribution >= 0.6 is 0 Å². The van der Waals surface area contributed by atoms with Crippen LogP contribution in [-0.2, 0) is 19.1 Å². The molecule has 2 N–H and O–H groups in total. The van der Waals surface area contributed by atoms with E-state index < -0.39 is 17.8 Å². The van der Waals surface area contributed by atoms with E-state index in [-0.39, 0.29) is 34.8 Å². The van der Waals surface area contributed by atoms with Gasteiger partial charge in [-0.1, -0.05) is 31.1 Å². The predicted octanol–water partition coefficient (Wildman–Crippen LogP) is 4.87. The van der Waals surface area contributed by atoms with Crippen LogP contribution in [0.5, 0.6) is 0 Å². The largest absolute Gasteiger partial charge is 0.462 e. The lowest BCUT2D eigenvalue weighted by Gasteiger charge is -2.60. The molecule has 0 bridgehead atoms. The van der Waals surface area contributed by atoms with Gasteiger partial charge in [-0.15, -0.1) is 0 Å². The number of ether oxygens (including phenoxy) is 2. The highest BCUT2D eigenvalue weighted by Crippen LogP contribution is 2.68. The van der Waals surface area contributed by atoms with Crippen molar-refractivity contribution in [2.24, 2.45) is 34.5 Å². The van der Waals surface area contributed by atoms with E-state index in [4.69, 9.17) is 9.47 Å². The van der Waals surface area contributed by atoms with Gasteiger partial charge in [0, 0.05) is 30.8 Å². The molecular formula is C30H44O6. The second kappa shape index (κ2) is 8.69. The van der Waals surface area contributed by atoms with Crippen LogP contribution in [0.2, 0.25) is 0 Å². The minimum Gasteiger partial charge on any atom is -0.462 e. The highest BCUT2D eigenvalue weighted by atomic mass is 16.6. The molecule has 3 fully saturated rings. The topological polar surface area (TPSA) is 93.1 Å². The zero-order chi connectivity index (χ0) is 26.2. The summed E-state index contributed by atoms with van der Waals surface area (Å²) in [6, 6.07) is 0. The highest BCUT2D eigenvalue weighted by molar-refractivity contribution is 5.89. The minimum absolute atomic E-state index is 0.0476.